The van der Waals surface area contributed by atoms with Crippen molar-refractivity contribution in [3.05, 3.63) is 0 Å². The predicted octanol–water partition coefficient (Wildman–Crippen LogP) is 0.0249. The Morgan fingerprint density at radius 2 is 2.07 bits per heavy atom. The van der Waals surface area contributed by atoms with Gasteiger partial charge in [0.05, 0.1) is 5.92 Å². The van der Waals surface area contributed by atoms with Crippen LogP contribution in [-0.4, -0.2) is 33.9 Å². The molecule has 2 rings (SSSR count). The third kappa shape index (κ3) is 1.11. The van der Waals surface area contributed by atoms with Crippen LogP contribution in [-0.2, 0) is 19.4 Å². The Bertz CT molecular complexity index is 288. The zero-order valence-corrected chi connectivity index (χ0v) is 7.30. The van der Waals surface area contributed by atoms with Crippen molar-refractivity contribution in [1.29, 1.82) is 0 Å². The Kier molecular flexibility index (Phi) is 1.97. The van der Waals surface area contributed by atoms with Crippen LogP contribution in [0.4, 0.5) is 0 Å². The first-order valence-corrected chi connectivity index (χ1v) is 4.37. The molecular formula is C8H10O6. The molecular weight excluding hydrogens is 192 g/mol. The lowest BCUT2D eigenvalue weighted by Gasteiger charge is -2.47. The first kappa shape index (κ1) is 9.42. The molecule has 2 aliphatic rings. The molecule has 0 aromatic heterocycles. The van der Waals surface area contributed by atoms with Crippen LogP contribution in [0, 0.1) is 5.92 Å². The monoisotopic (exact) mass is 202 g/mol. The predicted molar refractivity (Wildman–Crippen MR) is 41.3 cm³/mol. The Morgan fingerprint density at radius 3 is 2.43 bits per heavy atom. The highest BCUT2D eigenvalue weighted by Gasteiger charge is 2.61. The SMILES string of the molecule is O=C(O)C1CCC2(C(=O)O)OOC2C1. The molecule has 1 aliphatic carbocycles. The molecule has 0 radical (unpaired) electrons. The number of aliphatic carboxylic acids is 2. The second-order valence-corrected chi connectivity index (χ2v) is 3.67. The van der Waals surface area contributed by atoms with Crippen LogP contribution in [0.5, 0.6) is 0 Å². The summed E-state index contributed by atoms with van der Waals surface area (Å²) in [7, 11) is 0. The third-order valence-electron chi connectivity index (χ3n) is 2.91. The largest absolute Gasteiger partial charge is 0.481 e. The zero-order valence-electron chi connectivity index (χ0n) is 7.30. The lowest BCUT2D eigenvalue weighted by Crippen LogP contribution is -2.64. The molecule has 2 fully saturated rings. The van der Waals surface area contributed by atoms with Crippen LogP contribution in [0.25, 0.3) is 0 Å². The maximum Gasteiger partial charge on any atom is 0.342 e. The smallest absolute Gasteiger partial charge is 0.342 e. The molecule has 0 aromatic rings. The van der Waals surface area contributed by atoms with Gasteiger partial charge in [-0.25, -0.2) is 14.6 Å². The third-order valence-corrected chi connectivity index (χ3v) is 2.91. The Balaban J connectivity index is 2.09. The van der Waals surface area contributed by atoms with Crippen LogP contribution in [0.15, 0.2) is 0 Å². The maximum absolute atomic E-state index is 10.9. The average molecular weight is 202 g/mol. The highest BCUT2D eigenvalue weighted by Crippen LogP contribution is 2.44. The summed E-state index contributed by atoms with van der Waals surface area (Å²) in [5.74, 6) is -2.49. The van der Waals surface area contributed by atoms with E-state index in [0.717, 1.165) is 0 Å². The summed E-state index contributed by atoms with van der Waals surface area (Å²) in [5, 5.41) is 17.6. The van der Waals surface area contributed by atoms with Crippen molar-refractivity contribution in [2.45, 2.75) is 31.0 Å². The second kappa shape index (κ2) is 2.93. The standard InChI is InChI=1S/C8H10O6/c9-6(10)4-1-2-8(7(11)12)5(3-4)13-14-8/h4-5H,1-3H2,(H,9,10)(H,11,12). The van der Waals surface area contributed by atoms with Gasteiger partial charge in [0.2, 0.25) is 5.60 Å². The van der Waals surface area contributed by atoms with Gasteiger partial charge in [-0.05, 0) is 19.3 Å². The molecule has 1 saturated carbocycles. The van der Waals surface area contributed by atoms with E-state index < -0.39 is 29.6 Å². The summed E-state index contributed by atoms with van der Waals surface area (Å²) >= 11 is 0. The minimum absolute atomic E-state index is 0.198. The van der Waals surface area contributed by atoms with Gasteiger partial charge in [0.15, 0.2) is 0 Å². The molecule has 6 heteroatoms. The number of hydrogen-bond donors (Lipinski definition) is 2. The van der Waals surface area contributed by atoms with Gasteiger partial charge in [-0.3, -0.25) is 4.79 Å². The molecule has 1 saturated heterocycles. The Labute approximate surface area is 79.4 Å². The van der Waals surface area contributed by atoms with Crippen molar-refractivity contribution in [3.63, 3.8) is 0 Å². The number of carboxylic acid groups (broad SMARTS) is 2. The molecule has 1 aliphatic heterocycles. The van der Waals surface area contributed by atoms with Gasteiger partial charge in [-0.2, -0.15) is 0 Å². The molecule has 3 unspecified atom stereocenters. The van der Waals surface area contributed by atoms with Crippen LogP contribution in [0.2, 0.25) is 0 Å². The molecule has 78 valence electrons. The lowest BCUT2D eigenvalue weighted by atomic mass is 9.75. The molecule has 1 heterocycles. The molecule has 0 aromatic carbocycles. The summed E-state index contributed by atoms with van der Waals surface area (Å²) in [4.78, 5) is 30.8. The normalized spacial score (nSPS) is 40.9. The van der Waals surface area contributed by atoms with E-state index in [1.165, 1.54) is 0 Å². The molecule has 2 N–H and O–H groups in total. The number of carbonyl (C=O) groups is 2. The van der Waals surface area contributed by atoms with Crippen LogP contribution in [0.3, 0.4) is 0 Å². The van der Waals surface area contributed by atoms with E-state index >= 15 is 0 Å². The number of carboxylic acids is 2. The summed E-state index contributed by atoms with van der Waals surface area (Å²) in [6.45, 7) is 0. The fourth-order valence-corrected chi connectivity index (χ4v) is 1.93. The van der Waals surface area contributed by atoms with Crippen molar-refractivity contribution in [3.8, 4) is 0 Å². The first-order valence-electron chi connectivity index (χ1n) is 4.37. The Morgan fingerprint density at radius 1 is 1.36 bits per heavy atom. The second-order valence-electron chi connectivity index (χ2n) is 3.67. The van der Waals surface area contributed by atoms with Gasteiger partial charge in [0.25, 0.3) is 0 Å². The van der Waals surface area contributed by atoms with Crippen LogP contribution in [0.1, 0.15) is 19.3 Å². The van der Waals surface area contributed by atoms with E-state index in [9.17, 15) is 9.59 Å². The van der Waals surface area contributed by atoms with Gasteiger partial charge in [0, 0.05) is 0 Å². The fraction of sp³-hybridized carbons (Fsp3) is 0.750. The van der Waals surface area contributed by atoms with Gasteiger partial charge in [-0.1, -0.05) is 0 Å². The first-order chi connectivity index (χ1) is 6.56. The van der Waals surface area contributed by atoms with Gasteiger partial charge in [0.1, 0.15) is 6.10 Å². The summed E-state index contributed by atoms with van der Waals surface area (Å²) in [6, 6.07) is 0. The minimum Gasteiger partial charge on any atom is -0.481 e. The topological polar surface area (TPSA) is 93.1 Å². The highest BCUT2D eigenvalue weighted by atomic mass is 17.3. The van der Waals surface area contributed by atoms with Gasteiger partial charge in [-0.15, -0.1) is 0 Å². The highest BCUT2D eigenvalue weighted by molar-refractivity contribution is 5.80. The minimum atomic E-state index is -1.29. The van der Waals surface area contributed by atoms with E-state index in [0.29, 0.717) is 6.42 Å². The van der Waals surface area contributed by atoms with E-state index in [-0.39, 0.29) is 12.8 Å². The van der Waals surface area contributed by atoms with Crippen molar-refractivity contribution in [2.24, 2.45) is 5.92 Å². The van der Waals surface area contributed by atoms with E-state index in [2.05, 4.69) is 9.78 Å². The maximum atomic E-state index is 10.9. The van der Waals surface area contributed by atoms with E-state index in [1.54, 1.807) is 0 Å². The van der Waals surface area contributed by atoms with Gasteiger partial charge >= 0.3 is 11.9 Å². The molecule has 0 spiro atoms. The van der Waals surface area contributed by atoms with Crippen molar-refractivity contribution < 1.29 is 29.6 Å². The van der Waals surface area contributed by atoms with Gasteiger partial charge < -0.3 is 10.2 Å². The van der Waals surface area contributed by atoms with Crippen LogP contribution < -0.4 is 0 Å². The van der Waals surface area contributed by atoms with Crippen molar-refractivity contribution >= 4 is 11.9 Å². The number of fused-ring (bicyclic) bond motifs is 1. The van der Waals surface area contributed by atoms with Crippen molar-refractivity contribution in [2.75, 3.05) is 0 Å². The number of rotatable bonds is 2. The zero-order chi connectivity index (χ0) is 10.3. The average Bonchev–Trinajstić information content (AvgIpc) is 2.06. The molecule has 6 nitrogen and oxygen atoms in total. The molecule has 0 bridgehead atoms. The van der Waals surface area contributed by atoms with E-state index in [1.807, 2.05) is 0 Å². The summed E-state index contributed by atoms with van der Waals surface area (Å²) in [6.07, 6.45) is 0.113. The lowest BCUT2D eigenvalue weighted by molar-refractivity contribution is -0.505. The molecule has 14 heavy (non-hydrogen) atoms. The van der Waals surface area contributed by atoms with E-state index in [4.69, 9.17) is 10.2 Å². The molecule has 3 atom stereocenters. The van der Waals surface area contributed by atoms with Crippen molar-refractivity contribution in [1.82, 2.24) is 0 Å². The summed E-state index contributed by atoms with van der Waals surface area (Å²) in [5.41, 5.74) is -1.29. The Hall–Kier alpha value is -1.14. The fourth-order valence-electron chi connectivity index (χ4n) is 1.93. The molecule has 0 amide bonds. The quantitative estimate of drug-likeness (QED) is 0.613. The number of hydrogen-bond acceptors (Lipinski definition) is 4. The van der Waals surface area contributed by atoms with Crippen LogP contribution >= 0.6 is 0 Å². The summed E-state index contributed by atoms with van der Waals surface area (Å²) < 4.78 is 0.